The van der Waals surface area contributed by atoms with Crippen LogP contribution in [-0.4, -0.2) is 17.6 Å². The van der Waals surface area contributed by atoms with Crippen molar-refractivity contribution in [3.05, 3.63) is 10.5 Å². The van der Waals surface area contributed by atoms with E-state index in [0.717, 1.165) is 11.7 Å². The molecule has 1 aliphatic heterocycles. The van der Waals surface area contributed by atoms with Gasteiger partial charge in [-0.15, -0.1) is 11.3 Å². The van der Waals surface area contributed by atoms with E-state index in [4.69, 9.17) is 11.6 Å². The highest BCUT2D eigenvalue weighted by Crippen LogP contribution is 2.30. The van der Waals surface area contributed by atoms with Crippen molar-refractivity contribution in [3.63, 3.8) is 0 Å². The Morgan fingerprint density at radius 3 is 3.23 bits per heavy atom. The fourth-order valence-corrected chi connectivity index (χ4v) is 2.94. The van der Waals surface area contributed by atoms with Crippen molar-refractivity contribution in [2.45, 2.75) is 32.2 Å². The van der Waals surface area contributed by atoms with Crippen LogP contribution in [0.15, 0.2) is 5.38 Å². The molecule has 0 saturated carbocycles. The van der Waals surface area contributed by atoms with E-state index >= 15 is 0 Å². The number of hydrogen-bond acceptors (Lipinski definition) is 3. The zero-order chi connectivity index (χ0) is 9.26. The molecule has 2 rings (SSSR count). The lowest BCUT2D eigenvalue weighted by molar-refractivity contribution is 0.644. The van der Waals surface area contributed by atoms with Crippen LogP contribution in [-0.2, 0) is 0 Å². The maximum absolute atomic E-state index is 5.80. The van der Waals surface area contributed by atoms with Crippen molar-refractivity contribution >= 4 is 28.1 Å². The van der Waals surface area contributed by atoms with Crippen LogP contribution in [0.4, 0.5) is 5.13 Å². The number of thiazole rings is 1. The van der Waals surface area contributed by atoms with Crippen LogP contribution in [0.1, 0.15) is 26.2 Å². The Balaban J connectivity index is 2.15. The van der Waals surface area contributed by atoms with Gasteiger partial charge in [-0.1, -0.05) is 18.5 Å². The van der Waals surface area contributed by atoms with Gasteiger partial charge in [0.25, 0.3) is 0 Å². The van der Waals surface area contributed by atoms with E-state index in [1.807, 2.05) is 5.38 Å². The maximum Gasteiger partial charge on any atom is 0.186 e. The number of nitrogens with zero attached hydrogens (tertiary/aromatic N) is 2. The number of aromatic nitrogens is 1. The first-order valence-electron chi connectivity index (χ1n) is 4.69. The number of halogens is 1. The summed E-state index contributed by atoms with van der Waals surface area (Å²) in [4.78, 5) is 6.69. The smallest absolute Gasteiger partial charge is 0.186 e. The van der Waals surface area contributed by atoms with Gasteiger partial charge in [-0.05, 0) is 19.3 Å². The molecule has 1 unspecified atom stereocenters. The topological polar surface area (TPSA) is 16.1 Å². The van der Waals surface area contributed by atoms with Crippen LogP contribution in [0.5, 0.6) is 0 Å². The lowest BCUT2D eigenvalue weighted by Crippen LogP contribution is -2.28. The first-order chi connectivity index (χ1) is 6.31. The number of hydrogen-bond donors (Lipinski definition) is 0. The first-order valence-corrected chi connectivity index (χ1v) is 5.94. The van der Waals surface area contributed by atoms with Crippen LogP contribution >= 0.6 is 22.9 Å². The van der Waals surface area contributed by atoms with E-state index in [2.05, 4.69) is 16.8 Å². The molecule has 72 valence electrons. The average Bonchev–Trinajstić information content (AvgIpc) is 2.71. The lowest BCUT2D eigenvalue weighted by atomic mass is 10.2. The van der Waals surface area contributed by atoms with Gasteiger partial charge in [0.2, 0.25) is 0 Å². The van der Waals surface area contributed by atoms with Gasteiger partial charge in [0.05, 0.1) is 0 Å². The molecule has 1 aromatic heterocycles. The molecule has 1 atom stereocenters. The minimum atomic E-state index is 0.627. The molecule has 2 heterocycles. The minimum Gasteiger partial charge on any atom is -0.345 e. The van der Waals surface area contributed by atoms with Crippen LogP contribution in [0.2, 0.25) is 5.15 Å². The number of anilines is 1. The fourth-order valence-electron chi connectivity index (χ4n) is 1.89. The van der Waals surface area contributed by atoms with Gasteiger partial charge >= 0.3 is 0 Å². The minimum absolute atomic E-state index is 0.627. The molecule has 0 aromatic carbocycles. The summed E-state index contributed by atoms with van der Waals surface area (Å²) in [7, 11) is 0. The van der Waals surface area contributed by atoms with Crippen LogP contribution in [0.3, 0.4) is 0 Å². The predicted molar refractivity (Wildman–Crippen MR) is 57.8 cm³/mol. The molecule has 0 radical (unpaired) electrons. The van der Waals surface area contributed by atoms with Gasteiger partial charge in [-0.2, -0.15) is 0 Å². The van der Waals surface area contributed by atoms with E-state index in [9.17, 15) is 0 Å². The van der Waals surface area contributed by atoms with Crippen LogP contribution in [0.25, 0.3) is 0 Å². The summed E-state index contributed by atoms with van der Waals surface area (Å²) in [6.07, 6.45) is 3.79. The molecule has 0 bridgehead atoms. The van der Waals surface area contributed by atoms with E-state index in [1.165, 1.54) is 19.3 Å². The molecule has 1 fully saturated rings. The molecular weight excluding hydrogens is 204 g/mol. The molecule has 2 nitrogen and oxygen atoms in total. The molecule has 0 spiro atoms. The van der Waals surface area contributed by atoms with Gasteiger partial charge in [0.15, 0.2) is 5.13 Å². The molecule has 1 aromatic rings. The van der Waals surface area contributed by atoms with Gasteiger partial charge in [0, 0.05) is 18.0 Å². The highest BCUT2D eigenvalue weighted by atomic mass is 35.5. The quantitative estimate of drug-likeness (QED) is 0.755. The third kappa shape index (κ3) is 1.81. The Morgan fingerprint density at radius 2 is 2.62 bits per heavy atom. The third-order valence-corrected chi connectivity index (χ3v) is 3.76. The second-order valence-electron chi connectivity index (χ2n) is 3.35. The summed E-state index contributed by atoms with van der Waals surface area (Å²) >= 11 is 7.45. The molecule has 1 saturated heterocycles. The summed E-state index contributed by atoms with van der Waals surface area (Å²) < 4.78 is 0. The Morgan fingerprint density at radius 1 is 1.77 bits per heavy atom. The van der Waals surface area contributed by atoms with Crippen molar-refractivity contribution in [3.8, 4) is 0 Å². The van der Waals surface area contributed by atoms with Gasteiger partial charge < -0.3 is 4.90 Å². The highest BCUT2D eigenvalue weighted by Gasteiger charge is 2.24. The largest absolute Gasteiger partial charge is 0.345 e. The lowest BCUT2D eigenvalue weighted by Gasteiger charge is -2.22. The zero-order valence-electron chi connectivity index (χ0n) is 7.66. The Hall–Kier alpha value is -0.280. The monoisotopic (exact) mass is 216 g/mol. The first kappa shape index (κ1) is 9.28. The maximum atomic E-state index is 5.80. The van der Waals surface area contributed by atoms with Crippen molar-refractivity contribution < 1.29 is 0 Å². The van der Waals surface area contributed by atoms with E-state index < -0.39 is 0 Å². The highest BCUT2D eigenvalue weighted by molar-refractivity contribution is 7.14. The van der Waals surface area contributed by atoms with Crippen molar-refractivity contribution in [2.24, 2.45) is 0 Å². The van der Waals surface area contributed by atoms with Crippen LogP contribution in [0, 0.1) is 0 Å². The average molecular weight is 217 g/mol. The van der Waals surface area contributed by atoms with Crippen molar-refractivity contribution in [1.29, 1.82) is 0 Å². The molecule has 1 aliphatic rings. The summed E-state index contributed by atoms with van der Waals surface area (Å²) in [5.74, 6) is 0. The summed E-state index contributed by atoms with van der Waals surface area (Å²) in [6.45, 7) is 3.38. The second-order valence-corrected chi connectivity index (χ2v) is 4.57. The van der Waals surface area contributed by atoms with E-state index in [0.29, 0.717) is 11.2 Å². The molecule has 0 amide bonds. The van der Waals surface area contributed by atoms with Crippen molar-refractivity contribution in [1.82, 2.24) is 4.98 Å². The predicted octanol–water partition coefficient (Wildman–Crippen LogP) is 3.18. The van der Waals surface area contributed by atoms with Gasteiger partial charge in [-0.25, -0.2) is 4.98 Å². The SMILES string of the molecule is CCC1CCCN1c1nc(Cl)cs1. The molecule has 0 aliphatic carbocycles. The number of rotatable bonds is 2. The molecule has 13 heavy (non-hydrogen) atoms. The van der Waals surface area contributed by atoms with Gasteiger partial charge in [0.1, 0.15) is 5.15 Å². The van der Waals surface area contributed by atoms with E-state index in [1.54, 1.807) is 11.3 Å². The second kappa shape index (κ2) is 3.84. The molecule has 0 N–H and O–H groups in total. The Labute approximate surface area is 87.5 Å². The van der Waals surface area contributed by atoms with Crippen molar-refractivity contribution in [2.75, 3.05) is 11.4 Å². The fraction of sp³-hybridized carbons (Fsp3) is 0.667. The summed E-state index contributed by atoms with van der Waals surface area (Å²) in [5.41, 5.74) is 0. The van der Waals surface area contributed by atoms with Gasteiger partial charge in [-0.3, -0.25) is 0 Å². The normalized spacial score (nSPS) is 22.6. The zero-order valence-corrected chi connectivity index (χ0v) is 9.24. The molecular formula is C9H13ClN2S. The van der Waals surface area contributed by atoms with Crippen LogP contribution < -0.4 is 4.90 Å². The Kier molecular flexibility index (Phi) is 2.74. The summed E-state index contributed by atoms with van der Waals surface area (Å²) in [6, 6.07) is 0.683. The standard InChI is InChI=1S/C9H13ClN2S/c1-2-7-4-3-5-12(7)9-11-8(10)6-13-9/h6-7H,2-5H2,1H3. The Bertz CT molecular complexity index is 287. The third-order valence-electron chi connectivity index (χ3n) is 2.56. The van der Waals surface area contributed by atoms with E-state index in [-0.39, 0.29) is 0 Å². The molecule has 4 heteroatoms. The summed E-state index contributed by atoms with van der Waals surface area (Å²) in [5, 5.41) is 3.62.